The molecule has 19 heavy (non-hydrogen) atoms. The van der Waals surface area contributed by atoms with Crippen LogP contribution in [0.15, 0.2) is 23.1 Å². The standard InChI is InChI=1S/C13H16ClNO3S/c1-4-19-11-6-5-9(14)7-10(11)12(16)15(3)8(2)13(17)18/h5-8H,4H2,1-3H3,(H,17,18). The summed E-state index contributed by atoms with van der Waals surface area (Å²) >= 11 is 7.43. The largest absolute Gasteiger partial charge is 0.480 e. The average molecular weight is 302 g/mol. The quantitative estimate of drug-likeness (QED) is 0.849. The van der Waals surface area contributed by atoms with Crippen LogP contribution in [-0.2, 0) is 4.79 Å². The van der Waals surface area contributed by atoms with Crippen molar-refractivity contribution in [2.24, 2.45) is 0 Å². The van der Waals surface area contributed by atoms with E-state index in [4.69, 9.17) is 16.7 Å². The maximum atomic E-state index is 12.3. The second-order valence-corrected chi connectivity index (χ2v) is 5.75. The number of hydrogen-bond donors (Lipinski definition) is 1. The van der Waals surface area contributed by atoms with Crippen LogP contribution >= 0.6 is 23.4 Å². The summed E-state index contributed by atoms with van der Waals surface area (Å²) in [6.07, 6.45) is 0. The number of rotatable bonds is 5. The molecule has 1 rings (SSSR count). The minimum Gasteiger partial charge on any atom is -0.480 e. The van der Waals surface area contributed by atoms with Crippen LogP contribution in [0.4, 0.5) is 0 Å². The number of likely N-dealkylation sites (N-methyl/N-ethyl adjacent to an activating group) is 1. The summed E-state index contributed by atoms with van der Waals surface area (Å²) in [5.74, 6) is -0.559. The molecule has 0 aliphatic carbocycles. The van der Waals surface area contributed by atoms with Crippen molar-refractivity contribution >= 4 is 35.2 Å². The Morgan fingerprint density at radius 1 is 1.47 bits per heavy atom. The number of hydrogen-bond acceptors (Lipinski definition) is 3. The topological polar surface area (TPSA) is 57.6 Å². The number of amides is 1. The maximum Gasteiger partial charge on any atom is 0.326 e. The van der Waals surface area contributed by atoms with Gasteiger partial charge in [0.05, 0.1) is 5.56 Å². The third-order valence-electron chi connectivity index (χ3n) is 2.73. The molecular weight excluding hydrogens is 286 g/mol. The van der Waals surface area contributed by atoms with Gasteiger partial charge in [-0.1, -0.05) is 18.5 Å². The van der Waals surface area contributed by atoms with E-state index in [9.17, 15) is 9.59 Å². The number of thioether (sulfide) groups is 1. The number of halogens is 1. The van der Waals surface area contributed by atoms with Crippen molar-refractivity contribution < 1.29 is 14.7 Å². The summed E-state index contributed by atoms with van der Waals surface area (Å²) in [7, 11) is 1.47. The minimum absolute atomic E-state index is 0.339. The maximum absolute atomic E-state index is 12.3. The van der Waals surface area contributed by atoms with E-state index < -0.39 is 12.0 Å². The number of carbonyl (C=O) groups excluding carboxylic acids is 1. The van der Waals surface area contributed by atoms with Gasteiger partial charge in [0.15, 0.2) is 0 Å². The van der Waals surface area contributed by atoms with Gasteiger partial charge in [-0.25, -0.2) is 4.79 Å². The van der Waals surface area contributed by atoms with Gasteiger partial charge in [0.2, 0.25) is 0 Å². The number of carbonyl (C=O) groups is 2. The third kappa shape index (κ3) is 3.88. The van der Waals surface area contributed by atoms with Crippen LogP contribution in [0.2, 0.25) is 5.02 Å². The zero-order valence-electron chi connectivity index (χ0n) is 11.0. The molecule has 0 spiro atoms. The number of carboxylic acids is 1. The molecule has 1 atom stereocenters. The molecular formula is C13H16ClNO3S. The predicted molar refractivity (Wildman–Crippen MR) is 77.0 cm³/mol. The molecule has 0 aliphatic rings. The van der Waals surface area contributed by atoms with Gasteiger partial charge in [-0.15, -0.1) is 11.8 Å². The lowest BCUT2D eigenvalue weighted by Crippen LogP contribution is -2.40. The molecule has 0 radical (unpaired) electrons. The molecule has 1 unspecified atom stereocenters. The Labute approximate surface area is 121 Å². The number of carboxylic acid groups (broad SMARTS) is 1. The van der Waals surface area contributed by atoms with Gasteiger partial charge in [-0.3, -0.25) is 4.79 Å². The lowest BCUT2D eigenvalue weighted by atomic mass is 10.1. The first kappa shape index (κ1) is 15.9. The molecule has 6 heteroatoms. The van der Waals surface area contributed by atoms with Gasteiger partial charge in [-0.2, -0.15) is 0 Å². The highest BCUT2D eigenvalue weighted by Gasteiger charge is 2.24. The predicted octanol–water partition coefficient (Wildman–Crippen LogP) is 3.00. The molecule has 0 aliphatic heterocycles. The fraction of sp³-hybridized carbons (Fsp3) is 0.385. The Kier molecular flexibility index (Phi) is 5.69. The molecule has 1 aromatic carbocycles. The van der Waals surface area contributed by atoms with E-state index in [0.29, 0.717) is 10.6 Å². The van der Waals surface area contributed by atoms with E-state index in [1.54, 1.807) is 18.2 Å². The summed E-state index contributed by atoms with van der Waals surface area (Å²) in [6.45, 7) is 3.45. The van der Waals surface area contributed by atoms with Crippen LogP contribution in [0.25, 0.3) is 0 Å². The zero-order valence-corrected chi connectivity index (χ0v) is 12.6. The first-order chi connectivity index (χ1) is 8.88. The van der Waals surface area contributed by atoms with Gasteiger partial charge in [0, 0.05) is 17.0 Å². The zero-order chi connectivity index (χ0) is 14.6. The summed E-state index contributed by atoms with van der Waals surface area (Å²) in [5, 5.41) is 9.41. The second kappa shape index (κ2) is 6.82. The monoisotopic (exact) mass is 301 g/mol. The lowest BCUT2D eigenvalue weighted by Gasteiger charge is -2.22. The van der Waals surface area contributed by atoms with Crippen LogP contribution in [0.5, 0.6) is 0 Å². The molecule has 0 aromatic heterocycles. The van der Waals surface area contributed by atoms with Crippen molar-refractivity contribution in [3.05, 3.63) is 28.8 Å². The molecule has 104 valence electrons. The van der Waals surface area contributed by atoms with Gasteiger partial charge in [-0.05, 0) is 30.9 Å². The van der Waals surface area contributed by atoms with Crippen molar-refractivity contribution in [2.45, 2.75) is 24.8 Å². The highest BCUT2D eigenvalue weighted by Crippen LogP contribution is 2.27. The molecule has 0 bridgehead atoms. The Hall–Kier alpha value is -1.20. The molecule has 1 aromatic rings. The second-order valence-electron chi connectivity index (χ2n) is 4.00. The summed E-state index contributed by atoms with van der Waals surface area (Å²) in [5.41, 5.74) is 0.440. The van der Waals surface area contributed by atoms with Crippen LogP contribution < -0.4 is 0 Å². The van der Waals surface area contributed by atoms with Crippen LogP contribution in [0.3, 0.4) is 0 Å². The van der Waals surface area contributed by atoms with Crippen molar-refractivity contribution in [1.29, 1.82) is 0 Å². The highest BCUT2D eigenvalue weighted by molar-refractivity contribution is 7.99. The Morgan fingerprint density at radius 2 is 2.11 bits per heavy atom. The van der Waals surface area contributed by atoms with Gasteiger partial charge < -0.3 is 10.0 Å². The Bertz CT molecular complexity index is 493. The normalized spacial score (nSPS) is 12.0. The van der Waals surface area contributed by atoms with E-state index in [2.05, 4.69) is 0 Å². The first-order valence-electron chi connectivity index (χ1n) is 5.80. The van der Waals surface area contributed by atoms with Crippen molar-refractivity contribution in [3.63, 3.8) is 0 Å². The van der Waals surface area contributed by atoms with Crippen molar-refractivity contribution in [1.82, 2.24) is 4.90 Å². The third-order valence-corrected chi connectivity index (χ3v) is 3.92. The molecule has 0 saturated heterocycles. The minimum atomic E-state index is -1.04. The van der Waals surface area contributed by atoms with Crippen molar-refractivity contribution in [3.8, 4) is 0 Å². The fourth-order valence-electron chi connectivity index (χ4n) is 1.48. The van der Waals surface area contributed by atoms with E-state index in [1.165, 1.54) is 30.6 Å². The molecule has 0 heterocycles. The molecule has 1 amide bonds. The number of aliphatic carboxylic acids is 1. The van der Waals surface area contributed by atoms with Crippen LogP contribution in [0.1, 0.15) is 24.2 Å². The van der Waals surface area contributed by atoms with Gasteiger partial charge in [0.25, 0.3) is 5.91 Å². The molecule has 1 N–H and O–H groups in total. The number of benzene rings is 1. The SMILES string of the molecule is CCSc1ccc(Cl)cc1C(=O)N(C)C(C)C(=O)O. The Morgan fingerprint density at radius 3 is 2.63 bits per heavy atom. The van der Waals surface area contributed by atoms with E-state index in [0.717, 1.165) is 10.6 Å². The smallest absolute Gasteiger partial charge is 0.326 e. The molecule has 0 saturated carbocycles. The summed E-state index contributed by atoms with van der Waals surface area (Å²) in [4.78, 5) is 25.3. The summed E-state index contributed by atoms with van der Waals surface area (Å²) in [6, 6.07) is 4.19. The van der Waals surface area contributed by atoms with E-state index in [1.807, 2.05) is 6.92 Å². The molecule has 0 fully saturated rings. The van der Waals surface area contributed by atoms with Gasteiger partial charge >= 0.3 is 5.97 Å². The van der Waals surface area contributed by atoms with Crippen LogP contribution in [0, 0.1) is 0 Å². The summed E-state index contributed by atoms with van der Waals surface area (Å²) < 4.78 is 0. The first-order valence-corrected chi connectivity index (χ1v) is 7.17. The fourth-order valence-corrected chi connectivity index (χ4v) is 2.43. The average Bonchev–Trinajstić information content (AvgIpc) is 2.38. The van der Waals surface area contributed by atoms with Crippen LogP contribution in [-0.4, -0.2) is 40.7 Å². The van der Waals surface area contributed by atoms with Gasteiger partial charge in [0.1, 0.15) is 6.04 Å². The Balaban J connectivity index is 3.10. The van der Waals surface area contributed by atoms with E-state index >= 15 is 0 Å². The van der Waals surface area contributed by atoms with Crippen molar-refractivity contribution in [2.75, 3.05) is 12.8 Å². The lowest BCUT2D eigenvalue weighted by molar-refractivity contribution is -0.141. The molecule has 4 nitrogen and oxygen atoms in total. The van der Waals surface area contributed by atoms with E-state index in [-0.39, 0.29) is 5.91 Å². The highest BCUT2D eigenvalue weighted by atomic mass is 35.5. The number of nitrogens with zero attached hydrogens (tertiary/aromatic N) is 1.